The second-order valence-corrected chi connectivity index (χ2v) is 3.25. The van der Waals surface area contributed by atoms with Crippen LogP contribution in [0.5, 0.6) is 0 Å². The molecule has 0 aromatic rings. The molecule has 0 heterocycles. The topological polar surface area (TPSA) is 9.23 Å². The second kappa shape index (κ2) is 13.1. The van der Waals surface area contributed by atoms with Gasteiger partial charge in [0.1, 0.15) is 0 Å². The van der Waals surface area contributed by atoms with Gasteiger partial charge in [-0.1, -0.05) is 0 Å². The van der Waals surface area contributed by atoms with Crippen molar-refractivity contribution < 1.29 is 13.5 Å². The highest BCUT2D eigenvalue weighted by Crippen LogP contribution is 1.99. The molecule has 88 valence electrons. The van der Waals surface area contributed by atoms with Crippen molar-refractivity contribution in [1.29, 1.82) is 0 Å². The number of ether oxygens (including phenoxy) is 1. The molecule has 0 fully saturated rings. The van der Waals surface area contributed by atoms with E-state index in [1.807, 2.05) is 12.2 Å². The molecule has 3 heteroatoms. The van der Waals surface area contributed by atoms with Crippen LogP contribution in [-0.2, 0) is 4.74 Å². The molecule has 15 heavy (non-hydrogen) atoms. The van der Waals surface area contributed by atoms with Gasteiger partial charge in [0.25, 0.3) is 0 Å². The maximum Gasteiger partial charge on any atom is 0.0894 e. The van der Waals surface area contributed by atoms with Gasteiger partial charge in [0, 0.05) is 0 Å². The monoisotopic (exact) mass is 218 g/mol. The molecule has 0 aromatic carbocycles. The summed E-state index contributed by atoms with van der Waals surface area (Å²) in [7, 11) is 0. The van der Waals surface area contributed by atoms with Crippen molar-refractivity contribution in [3.63, 3.8) is 0 Å². The Balaban J connectivity index is 3.14. The predicted octanol–water partition coefficient (Wildman–Crippen LogP) is 4.31. The highest BCUT2D eigenvalue weighted by molar-refractivity contribution is 4.79. The van der Waals surface area contributed by atoms with Crippen molar-refractivity contribution in [3.05, 3.63) is 24.7 Å². The Morgan fingerprint density at radius 1 is 0.733 bits per heavy atom. The first-order valence-corrected chi connectivity index (χ1v) is 5.49. The molecule has 0 aromatic heterocycles. The lowest BCUT2D eigenvalue weighted by molar-refractivity contribution is 0.396. The van der Waals surface area contributed by atoms with Crippen LogP contribution >= 0.6 is 0 Å². The minimum absolute atomic E-state index is 0.247. The van der Waals surface area contributed by atoms with Crippen LogP contribution in [0.3, 0.4) is 0 Å². The average molecular weight is 218 g/mol. The third kappa shape index (κ3) is 13.1. The Morgan fingerprint density at radius 3 is 1.60 bits per heavy atom. The van der Waals surface area contributed by atoms with Crippen LogP contribution < -0.4 is 0 Å². The molecule has 0 aliphatic heterocycles. The van der Waals surface area contributed by atoms with Gasteiger partial charge >= 0.3 is 0 Å². The average Bonchev–Trinajstić information content (AvgIpc) is 2.26. The predicted molar refractivity (Wildman–Crippen MR) is 59.0 cm³/mol. The number of unbranched alkanes of at least 4 members (excludes halogenated alkanes) is 4. The van der Waals surface area contributed by atoms with Gasteiger partial charge in [-0.25, -0.2) is 0 Å². The van der Waals surface area contributed by atoms with Gasteiger partial charge in [-0.05, 0) is 50.7 Å². The van der Waals surface area contributed by atoms with E-state index in [1.165, 1.54) is 0 Å². The Hall–Kier alpha value is -0.860. The summed E-state index contributed by atoms with van der Waals surface area (Å²) in [5.74, 6) is 0. The summed E-state index contributed by atoms with van der Waals surface area (Å²) in [5, 5.41) is 0. The van der Waals surface area contributed by atoms with Crippen molar-refractivity contribution in [2.45, 2.75) is 38.5 Å². The molecule has 0 aliphatic rings. The van der Waals surface area contributed by atoms with Crippen molar-refractivity contribution >= 4 is 0 Å². The molecule has 0 atom stereocenters. The van der Waals surface area contributed by atoms with Gasteiger partial charge in [-0.15, -0.1) is 0 Å². The standard InChI is InChI=1S/C12H20F2O/c13-9-5-1-3-7-11-15-12-8-4-2-6-10-14/h7-8,11-12H,1-6,9-10H2. The molecule has 0 saturated heterocycles. The van der Waals surface area contributed by atoms with E-state index >= 15 is 0 Å². The van der Waals surface area contributed by atoms with Crippen LogP contribution in [0.15, 0.2) is 24.7 Å². The summed E-state index contributed by atoms with van der Waals surface area (Å²) in [6.45, 7) is -0.494. The number of hydrogen-bond acceptors (Lipinski definition) is 1. The van der Waals surface area contributed by atoms with Gasteiger partial charge < -0.3 is 4.74 Å². The Bertz CT molecular complexity index is 149. The fraction of sp³-hybridized carbons (Fsp3) is 0.667. The maximum absolute atomic E-state index is 11.7. The minimum atomic E-state index is -0.247. The number of rotatable bonds is 10. The summed E-state index contributed by atoms with van der Waals surface area (Å²) in [6.07, 6.45) is 11.6. The van der Waals surface area contributed by atoms with Crippen LogP contribution in [-0.4, -0.2) is 13.3 Å². The number of alkyl halides is 2. The zero-order chi connectivity index (χ0) is 11.2. The van der Waals surface area contributed by atoms with Gasteiger partial charge in [0.2, 0.25) is 0 Å². The molecule has 0 unspecified atom stereocenters. The van der Waals surface area contributed by atoms with Crippen LogP contribution in [0.4, 0.5) is 8.78 Å². The van der Waals surface area contributed by atoms with Gasteiger partial charge in [-0.2, -0.15) is 0 Å². The first kappa shape index (κ1) is 14.1. The number of halogens is 2. The minimum Gasteiger partial charge on any atom is -0.473 e. The fourth-order valence-corrected chi connectivity index (χ4v) is 1.01. The molecule has 0 spiro atoms. The molecule has 0 aliphatic carbocycles. The summed E-state index contributed by atoms with van der Waals surface area (Å²) >= 11 is 0. The lowest BCUT2D eigenvalue weighted by Gasteiger charge is -1.92. The van der Waals surface area contributed by atoms with E-state index in [4.69, 9.17) is 4.74 Å². The van der Waals surface area contributed by atoms with Gasteiger partial charge in [-0.3, -0.25) is 8.78 Å². The molecule has 0 N–H and O–H groups in total. The molecule has 0 saturated carbocycles. The summed E-state index contributed by atoms with van der Waals surface area (Å²) < 4.78 is 28.4. The molecule has 0 amide bonds. The largest absolute Gasteiger partial charge is 0.473 e. The number of allylic oxidation sites excluding steroid dienone is 2. The van der Waals surface area contributed by atoms with Crippen molar-refractivity contribution in [2.24, 2.45) is 0 Å². The summed E-state index contributed by atoms with van der Waals surface area (Å²) in [5.41, 5.74) is 0. The number of hydrogen-bond donors (Lipinski definition) is 0. The van der Waals surface area contributed by atoms with Crippen molar-refractivity contribution in [3.8, 4) is 0 Å². The third-order valence-corrected chi connectivity index (χ3v) is 1.86. The van der Waals surface area contributed by atoms with Crippen LogP contribution in [0.1, 0.15) is 38.5 Å². The third-order valence-electron chi connectivity index (χ3n) is 1.86. The van der Waals surface area contributed by atoms with E-state index < -0.39 is 0 Å². The van der Waals surface area contributed by atoms with E-state index in [1.54, 1.807) is 12.5 Å². The smallest absolute Gasteiger partial charge is 0.0894 e. The molecular weight excluding hydrogens is 198 g/mol. The lowest BCUT2D eigenvalue weighted by atomic mass is 10.2. The zero-order valence-corrected chi connectivity index (χ0v) is 9.13. The van der Waals surface area contributed by atoms with E-state index in [-0.39, 0.29) is 13.3 Å². The molecule has 0 bridgehead atoms. The van der Waals surface area contributed by atoms with E-state index in [2.05, 4.69) is 0 Å². The van der Waals surface area contributed by atoms with Crippen molar-refractivity contribution in [2.75, 3.05) is 13.3 Å². The SMILES string of the molecule is FCCCCC=COC=CCCCCF. The Kier molecular flexibility index (Phi) is 12.4. The zero-order valence-electron chi connectivity index (χ0n) is 9.13. The first-order valence-electron chi connectivity index (χ1n) is 5.49. The normalized spacial score (nSPS) is 11.6. The quantitative estimate of drug-likeness (QED) is 0.392. The summed E-state index contributed by atoms with van der Waals surface area (Å²) in [6, 6.07) is 0. The summed E-state index contributed by atoms with van der Waals surface area (Å²) in [4.78, 5) is 0. The molecule has 1 nitrogen and oxygen atoms in total. The fourth-order valence-electron chi connectivity index (χ4n) is 1.01. The first-order chi connectivity index (χ1) is 7.41. The highest BCUT2D eigenvalue weighted by atomic mass is 19.1. The Morgan fingerprint density at radius 2 is 1.20 bits per heavy atom. The van der Waals surface area contributed by atoms with E-state index in [0.29, 0.717) is 12.8 Å². The second-order valence-electron chi connectivity index (χ2n) is 3.25. The van der Waals surface area contributed by atoms with Crippen LogP contribution in [0.25, 0.3) is 0 Å². The van der Waals surface area contributed by atoms with E-state index in [0.717, 1.165) is 25.7 Å². The Labute approximate surface area is 90.8 Å². The maximum atomic E-state index is 11.7. The molecule has 0 radical (unpaired) electrons. The van der Waals surface area contributed by atoms with Crippen LogP contribution in [0, 0.1) is 0 Å². The molecule has 0 rings (SSSR count). The van der Waals surface area contributed by atoms with Crippen LogP contribution in [0.2, 0.25) is 0 Å². The molecular formula is C12H20F2O. The van der Waals surface area contributed by atoms with Gasteiger partial charge in [0.15, 0.2) is 0 Å². The van der Waals surface area contributed by atoms with Gasteiger partial charge in [0.05, 0.1) is 25.9 Å². The van der Waals surface area contributed by atoms with Crippen molar-refractivity contribution in [1.82, 2.24) is 0 Å². The lowest BCUT2D eigenvalue weighted by Crippen LogP contribution is -1.76. The highest BCUT2D eigenvalue weighted by Gasteiger charge is 1.84. The van der Waals surface area contributed by atoms with E-state index in [9.17, 15) is 8.78 Å².